The molecule has 0 saturated carbocycles. The van der Waals surface area contributed by atoms with Crippen molar-refractivity contribution in [2.75, 3.05) is 23.9 Å². The number of benzene rings is 4. The van der Waals surface area contributed by atoms with Gasteiger partial charge in [0.2, 0.25) is 11.9 Å². The van der Waals surface area contributed by atoms with E-state index in [0.29, 0.717) is 0 Å². The van der Waals surface area contributed by atoms with Crippen LogP contribution in [0, 0.1) is 12.1 Å². The maximum atomic E-state index is 5.32. The van der Waals surface area contributed by atoms with Gasteiger partial charge in [-0.2, -0.15) is 47.5 Å². The van der Waals surface area contributed by atoms with Crippen molar-refractivity contribution >= 4 is 23.3 Å². The molecule has 0 N–H and O–H groups in total. The number of hydrogen-bond acceptors (Lipinski definition) is 4. The number of rotatable bonds is 2. The smallest absolute Gasteiger partial charge is 0.338 e. The topological polar surface area (TPSA) is 42.1 Å². The van der Waals surface area contributed by atoms with E-state index in [-0.39, 0.29) is 26.5 Å². The third-order valence-corrected chi connectivity index (χ3v) is 8.95. The number of fused-ring (bicyclic) bond motifs is 8. The molecule has 45 heavy (non-hydrogen) atoms. The quantitative estimate of drug-likeness (QED) is 0.167. The van der Waals surface area contributed by atoms with Gasteiger partial charge in [-0.3, -0.25) is 9.13 Å². The first-order valence-electron chi connectivity index (χ1n) is 15.0. The molecule has 0 aliphatic carbocycles. The van der Waals surface area contributed by atoms with Crippen LogP contribution in [-0.4, -0.2) is 33.2 Å². The van der Waals surface area contributed by atoms with Crippen LogP contribution < -0.4 is 9.80 Å². The normalized spacial score (nSPS) is 15.0. The minimum Gasteiger partial charge on any atom is -0.338 e. The predicted octanol–water partition coefficient (Wildman–Crippen LogP) is 8.16. The third-order valence-electron chi connectivity index (χ3n) is 8.95. The fourth-order valence-corrected chi connectivity index (χ4v) is 5.90. The molecule has 7 rings (SSSR count). The Morgan fingerprint density at radius 2 is 0.911 bits per heavy atom. The number of para-hydroxylation sites is 2. The van der Waals surface area contributed by atoms with Gasteiger partial charge in [0, 0.05) is 37.9 Å². The summed E-state index contributed by atoms with van der Waals surface area (Å²) < 4.78 is 4.33. The number of hydrogen-bond donors (Lipinski definition) is 0. The molecule has 2 aromatic heterocycles. The molecule has 8 bridgehead atoms. The zero-order chi connectivity index (χ0) is 30.6. The Hall–Kier alpha value is -4.41. The second kappa shape index (κ2) is 11.5. The van der Waals surface area contributed by atoms with Gasteiger partial charge in [-0.15, -0.1) is 12.1 Å². The Bertz CT molecular complexity index is 1820. The Morgan fingerprint density at radius 3 is 1.31 bits per heavy atom. The largest absolute Gasteiger partial charge is 2.00 e. The van der Waals surface area contributed by atoms with Crippen LogP contribution in [0.25, 0.3) is 11.4 Å². The molecule has 1 aliphatic rings. The molecular formula is C38H36N6Pt. The van der Waals surface area contributed by atoms with Crippen LogP contribution >= 0.6 is 0 Å². The van der Waals surface area contributed by atoms with Gasteiger partial charge in [0.1, 0.15) is 0 Å². The van der Waals surface area contributed by atoms with Gasteiger partial charge < -0.3 is 9.80 Å². The van der Waals surface area contributed by atoms with E-state index in [9.17, 15) is 0 Å². The number of anilines is 4. The van der Waals surface area contributed by atoms with E-state index in [2.05, 4.69) is 170 Å². The summed E-state index contributed by atoms with van der Waals surface area (Å²) >= 11 is 0. The molecule has 0 fully saturated rings. The van der Waals surface area contributed by atoms with Gasteiger partial charge in [-0.1, -0.05) is 61.6 Å². The van der Waals surface area contributed by atoms with Crippen molar-refractivity contribution in [1.29, 1.82) is 0 Å². The molecule has 0 atom stereocenters. The first kappa shape index (κ1) is 30.6. The Morgan fingerprint density at radius 1 is 0.511 bits per heavy atom. The molecule has 1 aliphatic heterocycles. The summed E-state index contributed by atoms with van der Waals surface area (Å²) in [6.07, 6.45) is 4.30. The zero-order valence-electron chi connectivity index (χ0n) is 26.4. The van der Waals surface area contributed by atoms with Crippen LogP contribution in [0.1, 0.15) is 50.2 Å². The average molecular weight is 772 g/mol. The van der Waals surface area contributed by atoms with Crippen molar-refractivity contribution in [3.63, 3.8) is 0 Å². The van der Waals surface area contributed by atoms with Crippen LogP contribution in [0.5, 0.6) is 0 Å². The maximum Gasteiger partial charge on any atom is 2.00 e. The molecule has 3 heterocycles. The summed E-state index contributed by atoms with van der Waals surface area (Å²) in [6, 6.07) is 40.9. The van der Waals surface area contributed by atoms with Crippen molar-refractivity contribution in [2.24, 2.45) is 0 Å². The summed E-state index contributed by atoms with van der Waals surface area (Å²) in [4.78, 5) is 14.9. The molecular weight excluding hydrogens is 736 g/mol. The average Bonchev–Trinajstić information content (AvgIpc) is 3.72. The summed E-state index contributed by atoms with van der Waals surface area (Å²) in [5, 5.41) is 0. The van der Waals surface area contributed by atoms with Gasteiger partial charge in [0.15, 0.2) is 0 Å². The fraction of sp³-hybridized carbons (Fsp3) is 0.211. The summed E-state index contributed by atoms with van der Waals surface area (Å²) in [7, 11) is 4.13. The fourth-order valence-electron chi connectivity index (χ4n) is 5.90. The minimum atomic E-state index is -0.512. The second-order valence-corrected chi connectivity index (χ2v) is 12.5. The number of aromatic nitrogens is 4. The van der Waals surface area contributed by atoms with Gasteiger partial charge in [0.05, 0.1) is 16.8 Å². The molecule has 0 radical (unpaired) electrons. The number of imidazole rings is 2. The van der Waals surface area contributed by atoms with Gasteiger partial charge >= 0.3 is 21.1 Å². The van der Waals surface area contributed by atoms with Crippen LogP contribution in [0.4, 0.5) is 23.3 Å². The van der Waals surface area contributed by atoms with Crippen molar-refractivity contribution in [1.82, 2.24) is 19.1 Å². The van der Waals surface area contributed by atoms with Crippen molar-refractivity contribution in [2.45, 2.75) is 38.5 Å². The molecule has 4 aromatic carbocycles. The van der Waals surface area contributed by atoms with Crippen molar-refractivity contribution in [3.05, 3.63) is 144 Å². The van der Waals surface area contributed by atoms with E-state index < -0.39 is 5.41 Å². The van der Waals surface area contributed by atoms with Crippen LogP contribution in [0.2, 0.25) is 0 Å². The minimum absolute atomic E-state index is 0. The van der Waals surface area contributed by atoms with Gasteiger partial charge in [-0.25, -0.2) is 9.97 Å². The molecule has 0 saturated heterocycles. The van der Waals surface area contributed by atoms with E-state index >= 15 is 0 Å². The number of nitrogens with zero attached hydrogens (tertiary/aromatic N) is 6. The second-order valence-electron chi connectivity index (χ2n) is 12.5. The van der Waals surface area contributed by atoms with E-state index in [1.54, 1.807) is 0 Å². The SMILES string of the molecule is CN1c2[c-]c(ccc2)C(C)(C)c2[c-]c(ccc2)N(C)c2nc(cn2-c2ccccc2)C(C)(C)c2cn(-c3ccccc3)c1n2.[Pt+2]. The molecule has 0 amide bonds. The van der Waals surface area contributed by atoms with Crippen LogP contribution in [-0.2, 0) is 31.9 Å². The Labute approximate surface area is 280 Å². The summed E-state index contributed by atoms with van der Waals surface area (Å²) in [6.45, 7) is 8.86. The van der Waals surface area contributed by atoms with E-state index in [1.807, 2.05) is 12.1 Å². The van der Waals surface area contributed by atoms with Gasteiger partial charge in [0.25, 0.3) is 0 Å². The van der Waals surface area contributed by atoms with E-state index in [1.165, 1.54) is 0 Å². The Kier molecular flexibility index (Phi) is 7.82. The first-order valence-corrected chi connectivity index (χ1v) is 15.0. The summed E-state index contributed by atoms with van der Waals surface area (Å²) in [5.74, 6) is 1.62. The molecule has 228 valence electrons. The van der Waals surface area contributed by atoms with Crippen LogP contribution in [0.15, 0.2) is 109 Å². The van der Waals surface area contributed by atoms with Crippen LogP contribution in [0.3, 0.4) is 0 Å². The van der Waals surface area contributed by atoms with E-state index in [0.717, 1.165) is 57.2 Å². The monoisotopic (exact) mass is 771 g/mol. The zero-order valence-corrected chi connectivity index (χ0v) is 28.7. The molecule has 6 nitrogen and oxygen atoms in total. The maximum absolute atomic E-state index is 5.32. The van der Waals surface area contributed by atoms with E-state index in [4.69, 9.17) is 9.97 Å². The molecule has 0 unspecified atom stereocenters. The van der Waals surface area contributed by atoms with Crippen molar-refractivity contribution < 1.29 is 21.1 Å². The standard InChI is InChI=1S/C38H36N6.Pt/c1-37(2)27-15-13-21-31(23-27)41(5)35-39-33(25-43(35)29-17-9-7-10-18-29)38(3,4)34-26-44(30-19-11-8-12-20-30)36(40-34)42(6)32-22-14-16-28(37)24-32;/h7-22,25-26H,1-6H3;/q-2;+2. The molecule has 7 heteroatoms. The summed E-state index contributed by atoms with van der Waals surface area (Å²) in [5.41, 5.74) is 7.11. The third kappa shape index (κ3) is 5.21. The molecule has 6 aromatic rings. The Balaban J connectivity index is 0.00000357. The van der Waals surface area contributed by atoms with Gasteiger partial charge in [-0.05, 0) is 43.5 Å². The van der Waals surface area contributed by atoms with Crippen molar-refractivity contribution in [3.8, 4) is 11.4 Å². The first-order chi connectivity index (χ1) is 21.1. The molecule has 0 spiro atoms. The predicted molar refractivity (Wildman–Crippen MR) is 178 cm³/mol.